The number of aryl methyl sites for hydroxylation is 1. The van der Waals surface area contributed by atoms with Gasteiger partial charge in [0.2, 0.25) is 16.5 Å². The summed E-state index contributed by atoms with van der Waals surface area (Å²) in [5.41, 5.74) is -1.34. The van der Waals surface area contributed by atoms with Crippen LogP contribution in [0.2, 0.25) is 10.6 Å². The van der Waals surface area contributed by atoms with Crippen LogP contribution in [0.15, 0.2) is 61.3 Å². The van der Waals surface area contributed by atoms with Crippen molar-refractivity contribution in [1.29, 1.82) is 0 Å². The Morgan fingerprint density at radius 1 is 0.780 bits per heavy atom. The molecule has 216 valence electrons. The van der Waals surface area contributed by atoms with Crippen molar-refractivity contribution in [2.45, 2.75) is 21.6 Å². The fourth-order valence-corrected chi connectivity index (χ4v) is 5.79. The van der Waals surface area contributed by atoms with Gasteiger partial charge < -0.3 is 10.4 Å². The lowest BCUT2D eigenvalue weighted by atomic mass is 10.1. The van der Waals surface area contributed by atoms with Gasteiger partial charge in [-0.2, -0.15) is 40.2 Å². The van der Waals surface area contributed by atoms with Gasteiger partial charge in [-0.1, -0.05) is 6.07 Å². The molecule has 0 atom stereocenters. The molecule has 0 bridgehead atoms. The first-order valence-electron chi connectivity index (χ1n) is 10.5. The molecular formula is C20H14Cl2N6O10S3. The highest BCUT2D eigenvalue weighted by molar-refractivity contribution is 7.86. The second kappa shape index (κ2) is 10.7. The zero-order valence-electron chi connectivity index (χ0n) is 19.9. The maximum Gasteiger partial charge on any atom is 0.296 e. The van der Waals surface area contributed by atoms with Gasteiger partial charge in [0, 0.05) is 5.39 Å². The molecule has 0 amide bonds. The summed E-state index contributed by atoms with van der Waals surface area (Å²) in [4.78, 5) is 8.48. The zero-order chi connectivity index (χ0) is 30.5. The van der Waals surface area contributed by atoms with E-state index in [0.29, 0.717) is 11.6 Å². The van der Waals surface area contributed by atoms with Gasteiger partial charge in [-0.25, -0.2) is 0 Å². The van der Waals surface area contributed by atoms with E-state index in [4.69, 9.17) is 23.2 Å². The molecule has 16 nitrogen and oxygen atoms in total. The number of rotatable bonds is 7. The minimum atomic E-state index is -5.21. The van der Waals surface area contributed by atoms with Crippen molar-refractivity contribution < 1.29 is 44.0 Å². The van der Waals surface area contributed by atoms with Crippen molar-refractivity contribution in [2.75, 3.05) is 5.32 Å². The highest BCUT2D eigenvalue weighted by atomic mass is 35.5. The molecule has 0 aliphatic rings. The topological polar surface area (TPSA) is 259 Å². The third-order valence-electron chi connectivity index (χ3n) is 5.18. The van der Waals surface area contributed by atoms with Crippen LogP contribution in [0.4, 0.5) is 23.0 Å². The summed E-state index contributed by atoms with van der Waals surface area (Å²) in [5.74, 6) is -1.39. The molecule has 0 fully saturated rings. The molecule has 0 unspecified atom stereocenters. The van der Waals surface area contributed by atoms with Crippen LogP contribution in [0.3, 0.4) is 0 Å². The van der Waals surface area contributed by atoms with Gasteiger partial charge in [0.05, 0.1) is 10.6 Å². The summed E-state index contributed by atoms with van der Waals surface area (Å²) in [7, 11) is -15.0. The minimum absolute atomic E-state index is 0.356. The third kappa shape index (κ3) is 6.68. The summed E-state index contributed by atoms with van der Waals surface area (Å²) in [6.45, 7) is 1.52. The molecule has 0 radical (unpaired) electrons. The first-order valence-corrected chi connectivity index (χ1v) is 15.5. The van der Waals surface area contributed by atoms with E-state index >= 15 is 0 Å². The van der Waals surface area contributed by atoms with Crippen LogP contribution in [0.25, 0.3) is 10.8 Å². The standard InChI is InChI=1S/C20H14Cl2N6O10S3/c1-8-2-3-11(13(4-8)40(33,34)35)27-28-16-14(41(36,37)38)6-9-5-10(39(30,31)32)7-12(15(9)17(16)29)23-20-25-18(21)24-19(22)26-20/h2-7,29H,1H3,(H,30,31,32)(H,33,34,35)(H,36,37,38)(H,23,24,25,26)/b28-27+. The second-order valence-electron chi connectivity index (χ2n) is 8.06. The molecule has 1 aromatic heterocycles. The van der Waals surface area contributed by atoms with Crippen molar-refractivity contribution in [3.8, 4) is 5.75 Å². The lowest BCUT2D eigenvalue weighted by molar-refractivity contribution is 0.472. The number of anilines is 2. The minimum Gasteiger partial charge on any atom is -0.505 e. The Bertz CT molecular complexity index is 2090. The van der Waals surface area contributed by atoms with Crippen LogP contribution in [0.5, 0.6) is 5.75 Å². The van der Waals surface area contributed by atoms with Crippen LogP contribution >= 0.6 is 23.2 Å². The number of benzene rings is 3. The molecule has 5 N–H and O–H groups in total. The lowest BCUT2D eigenvalue weighted by Crippen LogP contribution is -2.05. The Morgan fingerprint density at radius 2 is 1.39 bits per heavy atom. The monoisotopic (exact) mass is 664 g/mol. The first kappa shape index (κ1) is 30.4. The molecule has 1 heterocycles. The number of aromatic nitrogens is 3. The largest absolute Gasteiger partial charge is 0.505 e. The zero-order valence-corrected chi connectivity index (χ0v) is 23.9. The Kier molecular flexibility index (Phi) is 7.92. The average Bonchev–Trinajstić information content (AvgIpc) is 2.81. The van der Waals surface area contributed by atoms with Crippen LogP contribution in [0.1, 0.15) is 5.56 Å². The normalized spacial score (nSPS) is 12.7. The van der Waals surface area contributed by atoms with E-state index in [1.807, 2.05) is 0 Å². The summed E-state index contributed by atoms with van der Waals surface area (Å²) in [6, 6.07) is 5.87. The first-order chi connectivity index (χ1) is 18.8. The predicted molar refractivity (Wildman–Crippen MR) is 144 cm³/mol. The molecule has 0 aliphatic heterocycles. The molecule has 0 saturated carbocycles. The molecule has 21 heteroatoms. The van der Waals surface area contributed by atoms with E-state index in [1.165, 1.54) is 13.0 Å². The van der Waals surface area contributed by atoms with E-state index in [-0.39, 0.29) is 33.0 Å². The van der Waals surface area contributed by atoms with Crippen LogP contribution in [-0.2, 0) is 30.4 Å². The maximum absolute atomic E-state index is 12.2. The van der Waals surface area contributed by atoms with Gasteiger partial charge in [0.1, 0.15) is 21.2 Å². The number of aromatic hydroxyl groups is 1. The number of azo groups is 1. The van der Waals surface area contributed by atoms with Crippen molar-refractivity contribution in [2.24, 2.45) is 10.2 Å². The van der Waals surface area contributed by atoms with Crippen LogP contribution in [-0.4, -0.2) is 59.0 Å². The van der Waals surface area contributed by atoms with Gasteiger partial charge in [0.15, 0.2) is 5.75 Å². The molecule has 4 aromatic rings. The fraction of sp³-hybridized carbons (Fsp3) is 0.0500. The van der Waals surface area contributed by atoms with E-state index in [0.717, 1.165) is 24.3 Å². The van der Waals surface area contributed by atoms with E-state index < -0.39 is 62.2 Å². The van der Waals surface area contributed by atoms with Gasteiger partial charge in [-0.15, -0.1) is 10.2 Å². The number of phenolic OH excluding ortho intramolecular Hbond substituents is 1. The number of hydrogen-bond donors (Lipinski definition) is 5. The van der Waals surface area contributed by atoms with Gasteiger partial charge in [-0.05, 0) is 71.4 Å². The molecule has 0 saturated heterocycles. The number of halogens is 2. The van der Waals surface area contributed by atoms with Gasteiger partial charge in [-0.3, -0.25) is 13.7 Å². The highest BCUT2D eigenvalue weighted by Crippen LogP contribution is 2.46. The number of hydrogen-bond acceptors (Lipinski definition) is 13. The number of nitrogens with one attached hydrogen (secondary N) is 1. The Balaban J connectivity index is 2.06. The molecule has 3 aromatic carbocycles. The summed E-state index contributed by atoms with van der Waals surface area (Å²) in [6.07, 6.45) is 0. The van der Waals surface area contributed by atoms with Crippen molar-refractivity contribution >= 4 is 87.3 Å². The molecule has 0 aliphatic carbocycles. The summed E-state index contributed by atoms with van der Waals surface area (Å²) >= 11 is 11.5. The van der Waals surface area contributed by atoms with Crippen LogP contribution < -0.4 is 5.32 Å². The molecule has 0 spiro atoms. The lowest BCUT2D eigenvalue weighted by Gasteiger charge is -2.15. The van der Waals surface area contributed by atoms with Gasteiger partial charge >= 0.3 is 0 Å². The third-order valence-corrected chi connectivity index (χ3v) is 8.10. The van der Waals surface area contributed by atoms with Crippen molar-refractivity contribution in [3.63, 3.8) is 0 Å². The Hall–Kier alpha value is -3.56. The molecular weight excluding hydrogens is 651 g/mol. The molecule has 4 rings (SSSR count). The number of phenols is 1. The second-order valence-corrected chi connectivity index (χ2v) is 12.9. The maximum atomic E-state index is 12.2. The summed E-state index contributed by atoms with van der Waals surface area (Å²) in [5, 5.41) is 19.4. The Morgan fingerprint density at radius 3 is 1.95 bits per heavy atom. The number of fused-ring (bicyclic) bond motifs is 1. The van der Waals surface area contributed by atoms with E-state index in [9.17, 15) is 44.0 Å². The Labute approximate surface area is 241 Å². The van der Waals surface area contributed by atoms with Crippen molar-refractivity contribution in [3.05, 3.63) is 52.5 Å². The quantitative estimate of drug-likeness (QED) is 0.137. The smallest absolute Gasteiger partial charge is 0.296 e. The fourth-order valence-electron chi connectivity index (χ4n) is 3.52. The predicted octanol–water partition coefficient (Wildman–Crippen LogP) is 4.24. The van der Waals surface area contributed by atoms with E-state index in [2.05, 4.69) is 30.5 Å². The number of nitrogens with zero attached hydrogens (tertiary/aromatic N) is 5. The summed E-state index contributed by atoms with van der Waals surface area (Å²) < 4.78 is 101. The van der Waals surface area contributed by atoms with Gasteiger partial charge in [0.25, 0.3) is 30.4 Å². The highest BCUT2D eigenvalue weighted by Gasteiger charge is 2.26. The van der Waals surface area contributed by atoms with Crippen LogP contribution in [0, 0.1) is 6.92 Å². The molecule has 41 heavy (non-hydrogen) atoms. The van der Waals surface area contributed by atoms with Crippen molar-refractivity contribution in [1.82, 2.24) is 15.0 Å². The van der Waals surface area contributed by atoms with E-state index in [1.54, 1.807) is 0 Å². The average molecular weight is 665 g/mol. The SMILES string of the molecule is Cc1ccc(/N=N/c2c(S(=O)(=O)O)cc3cc(S(=O)(=O)O)cc(Nc4nc(Cl)nc(Cl)n4)c3c2O)c(S(=O)(=O)O)c1.